The fraction of sp³-hybridized carbons (Fsp3) is 0.278. The first-order chi connectivity index (χ1) is 13.4. The lowest BCUT2D eigenvalue weighted by molar-refractivity contribution is -0.120. The summed E-state index contributed by atoms with van der Waals surface area (Å²) in [7, 11) is -3.82. The van der Waals surface area contributed by atoms with Gasteiger partial charge in [0.1, 0.15) is 10.4 Å². The van der Waals surface area contributed by atoms with E-state index in [1.54, 1.807) is 24.3 Å². The van der Waals surface area contributed by atoms with Crippen LogP contribution in [-0.2, 0) is 14.8 Å². The number of anilines is 1. The van der Waals surface area contributed by atoms with Crippen molar-refractivity contribution in [1.82, 2.24) is 14.6 Å². The molecule has 0 bridgehead atoms. The van der Waals surface area contributed by atoms with Gasteiger partial charge in [0.2, 0.25) is 15.9 Å². The Morgan fingerprint density at radius 2 is 1.96 bits per heavy atom. The van der Waals surface area contributed by atoms with E-state index in [4.69, 9.17) is 0 Å². The normalized spacial score (nSPS) is 18.2. The third-order valence-electron chi connectivity index (χ3n) is 4.73. The van der Waals surface area contributed by atoms with Gasteiger partial charge in [0.25, 0.3) is 0 Å². The number of carbonyl (C=O) groups excluding carboxylic acids is 1. The molecule has 8 nitrogen and oxygen atoms in total. The zero-order valence-corrected chi connectivity index (χ0v) is 17.1. The van der Waals surface area contributed by atoms with Crippen molar-refractivity contribution in [2.24, 2.45) is 5.92 Å². The Hall–Kier alpha value is -2.30. The highest BCUT2D eigenvalue weighted by Crippen LogP contribution is 2.28. The standard InChI is InChI=1S/C18H17BrN4O4S/c19-13-6-8-14(9-7-13)20-18(24)12-3-2-10-23(11-12)28(25,26)16-5-1-4-15-17(16)22-27-21-15/h1,4-9,12H,2-3,10-11H2,(H,20,24)/t12-/m1/s1. The van der Waals surface area contributed by atoms with Crippen LogP contribution in [0, 0.1) is 5.92 Å². The second kappa shape index (κ2) is 7.61. The van der Waals surface area contributed by atoms with E-state index in [-0.39, 0.29) is 22.9 Å². The molecule has 146 valence electrons. The van der Waals surface area contributed by atoms with Crippen molar-refractivity contribution in [1.29, 1.82) is 0 Å². The summed E-state index contributed by atoms with van der Waals surface area (Å²) < 4.78 is 33.2. The molecule has 0 spiro atoms. The molecule has 1 aromatic heterocycles. The van der Waals surface area contributed by atoms with Crippen LogP contribution in [0.3, 0.4) is 0 Å². The molecule has 1 aliphatic heterocycles. The number of rotatable bonds is 4. The van der Waals surface area contributed by atoms with Crippen LogP contribution in [0.5, 0.6) is 0 Å². The fourth-order valence-electron chi connectivity index (χ4n) is 3.28. The van der Waals surface area contributed by atoms with Gasteiger partial charge in [-0.25, -0.2) is 13.0 Å². The van der Waals surface area contributed by atoms with Crippen molar-refractivity contribution in [3.8, 4) is 0 Å². The summed E-state index contributed by atoms with van der Waals surface area (Å²) in [4.78, 5) is 12.7. The van der Waals surface area contributed by atoms with Gasteiger partial charge < -0.3 is 5.32 Å². The minimum Gasteiger partial charge on any atom is -0.326 e. The van der Waals surface area contributed by atoms with Gasteiger partial charge in [-0.05, 0) is 59.6 Å². The van der Waals surface area contributed by atoms with Crippen molar-refractivity contribution in [3.05, 3.63) is 46.9 Å². The summed E-state index contributed by atoms with van der Waals surface area (Å²) >= 11 is 3.35. The highest BCUT2D eigenvalue weighted by atomic mass is 79.9. The fourth-order valence-corrected chi connectivity index (χ4v) is 5.21. The van der Waals surface area contributed by atoms with E-state index < -0.39 is 15.9 Å². The van der Waals surface area contributed by atoms with Crippen LogP contribution in [-0.4, -0.2) is 42.0 Å². The third-order valence-corrected chi connectivity index (χ3v) is 7.16. The molecule has 0 unspecified atom stereocenters. The molecule has 1 atom stereocenters. The lowest BCUT2D eigenvalue weighted by Gasteiger charge is -2.31. The maximum atomic E-state index is 13.1. The number of nitrogens with one attached hydrogen (secondary N) is 1. The number of halogens is 1. The second-order valence-electron chi connectivity index (χ2n) is 6.59. The number of hydrogen-bond acceptors (Lipinski definition) is 6. The lowest BCUT2D eigenvalue weighted by Crippen LogP contribution is -2.43. The van der Waals surface area contributed by atoms with E-state index in [0.717, 1.165) is 4.47 Å². The maximum Gasteiger partial charge on any atom is 0.245 e. The number of sulfonamides is 1. The predicted octanol–water partition coefficient (Wildman–Crippen LogP) is 3.02. The average Bonchev–Trinajstić information content (AvgIpc) is 3.18. The van der Waals surface area contributed by atoms with Crippen LogP contribution < -0.4 is 5.32 Å². The first kappa shape index (κ1) is 19.0. The number of amides is 1. The monoisotopic (exact) mass is 464 g/mol. The summed E-state index contributed by atoms with van der Waals surface area (Å²) in [5.41, 5.74) is 1.25. The van der Waals surface area contributed by atoms with E-state index in [2.05, 4.69) is 36.2 Å². The second-order valence-corrected chi connectivity index (χ2v) is 9.41. The quantitative estimate of drug-likeness (QED) is 0.635. The third kappa shape index (κ3) is 3.67. The first-order valence-electron chi connectivity index (χ1n) is 8.73. The van der Waals surface area contributed by atoms with Crippen molar-refractivity contribution >= 4 is 48.6 Å². The van der Waals surface area contributed by atoms with E-state index >= 15 is 0 Å². The van der Waals surface area contributed by atoms with Gasteiger partial charge >= 0.3 is 0 Å². The van der Waals surface area contributed by atoms with Crippen molar-refractivity contribution in [2.75, 3.05) is 18.4 Å². The molecule has 1 saturated heterocycles. The zero-order chi connectivity index (χ0) is 19.7. The van der Waals surface area contributed by atoms with E-state index in [0.29, 0.717) is 30.6 Å². The number of fused-ring (bicyclic) bond motifs is 1. The van der Waals surface area contributed by atoms with Crippen LogP contribution in [0.15, 0.2) is 56.5 Å². The minimum absolute atomic E-state index is 0.0419. The molecule has 4 rings (SSSR count). The molecule has 28 heavy (non-hydrogen) atoms. The van der Waals surface area contributed by atoms with Crippen LogP contribution in [0.1, 0.15) is 12.8 Å². The van der Waals surface area contributed by atoms with Gasteiger partial charge in [-0.3, -0.25) is 4.79 Å². The molecule has 10 heteroatoms. The van der Waals surface area contributed by atoms with E-state index in [1.807, 2.05) is 12.1 Å². The number of nitrogens with zero attached hydrogens (tertiary/aromatic N) is 3. The zero-order valence-electron chi connectivity index (χ0n) is 14.7. The molecule has 0 saturated carbocycles. The lowest BCUT2D eigenvalue weighted by atomic mass is 9.99. The molecule has 1 aliphatic rings. The Kier molecular flexibility index (Phi) is 5.17. The van der Waals surface area contributed by atoms with Crippen LogP contribution >= 0.6 is 15.9 Å². The van der Waals surface area contributed by atoms with Gasteiger partial charge in [0.05, 0.1) is 5.92 Å². The maximum absolute atomic E-state index is 13.1. The number of benzene rings is 2. The molecule has 3 aromatic rings. The molecule has 0 aliphatic carbocycles. The Balaban J connectivity index is 1.53. The van der Waals surface area contributed by atoms with Crippen LogP contribution in [0.2, 0.25) is 0 Å². The average molecular weight is 465 g/mol. The predicted molar refractivity (Wildman–Crippen MR) is 106 cm³/mol. The number of piperidine rings is 1. The number of carbonyl (C=O) groups is 1. The van der Waals surface area contributed by atoms with Gasteiger partial charge in [0, 0.05) is 23.2 Å². The van der Waals surface area contributed by atoms with Gasteiger partial charge in [-0.2, -0.15) is 4.31 Å². The number of hydrogen-bond donors (Lipinski definition) is 1. The topological polar surface area (TPSA) is 105 Å². The Morgan fingerprint density at radius 1 is 1.18 bits per heavy atom. The first-order valence-corrected chi connectivity index (χ1v) is 11.0. The molecular formula is C18H17BrN4O4S. The molecular weight excluding hydrogens is 448 g/mol. The summed E-state index contributed by atoms with van der Waals surface area (Å²) in [6.07, 6.45) is 1.23. The van der Waals surface area contributed by atoms with Gasteiger partial charge in [-0.15, -0.1) is 0 Å². The highest BCUT2D eigenvalue weighted by molar-refractivity contribution is 9.10. The molecule has 1 fully saturated rings. The van der Waals surface area contributed by atoms with Crippen LogP contribution in [0.25, 0.3) is 11.0 Å². The van der Waals surface area contributed by atoms with E-state index in [1.165, 1.54) is 10.4 Å². The van der Waals surface area contributed by atoms with E-state index in [9.17, 15) is 13.2 Å². The largest absolute Gasteiger partial charge is 0.326 e. The SMILES string of the molecule is O=C(Nc1ccc(Br)cc1)[C@@H]1CCCN(S(=O)(=O)c2cccc3nonc23)C1. The van der Waals surface area contributed by atoms with Gasteiger partial charge in [0.15, 0.2) is 5.52 Å². The van der Waals surface area contributed by atoms with Gasteiger partial charge in [-0.1, -0.05) is 22.0 Å². The molecule has 1 N–H and O–H groups in total. The van der Waals surface area contributed by atoms with Crippen molar-refractivity contribution in [3.63, 3.8) is 0 Å². The highest BCUT2D eigenvalue weighted by Gasteiger charge is 2.34. The molecule has 2 aromatic carbocycles. The molecule has 1 amide bonds. The Labute approximate surface area is 170 Å². The summed E-state index contributed by atoms with van der Waals surface area (Å²) in [5.74, 6) is -0.620. The Morgan fingerprint density at radius 3 is 2.75 bits per heavy atom. The Bertz CT molecular complexity index is 1110. The van der Waals surface area contributed by atoms with Crippen LogP contribution in [0.4, 0.5) is 5.69 Å². The minimum atomic E-state index is -3.82. The molecule has 2 heterocycles. The summed E-state index contributed by atoms with van der Waals surface area (Å²) in [6, 6.07) is 12.0. The summed E-state index contributed by atoms with van der Waals surface area (Å²) in [6.45, 7) is 0.471. The van der Waals surface area contributed by atoms with Crippen molar-refractivity contribution < 1.29 is 17.8 Å². The molecule has 0 radical (unpaired) electrons. The summed E-state index contributed by atoms with van der Waals surface area (Å²) in [5, 5.41) is 10.3. The van der Waals surface area contributed by atoms with Crippen molar-refractivity contribution in [2.45, 2.75) is 17.7 Å². The number of aromatic nitrogens is 2. The smallest absolute Gasteiger partial charge is 0.245 e.